The lowest BCUT2D eigenvalue weighted by Gasteiger charge is -1.95. The predicted molar refractivity (Wildman–Crippen MR) is 64.6 cm³/mol. The Morgan fingerprint density at radius 3 is 2.44 bits per heavy atom. The average molecular weight is 239 g/mol. The fraction of sp³-hybridized carbons (Fsp3) is 0. The summed E-state index contributed by atoms with van der Waals surface area (Å²) in [4.78, 5) is 3.99. The molecule has 5 nitrogen and oxygen atoms in total. The molecular weight excluding hydrogens is 230 g/mol. The molecule has 1 N–H and O–H groups in total. The summed E-state index contributed by atoms with van der Waals surface area (Å²) >= 11 is 0. The Hall–Kier alpha value is -2.69. The van der Waals surface area contributed by atoms with Crippen molar-refractivity contribution in [2.24, 2.45) is 0 Å². The SMILES string of the molecule is Oc1cccc(-c2nnc(-c3cccnc3)o2)c1. The molecule has 0 radical (unpaired) electrons. The first-order valence-corrected chi connectivity index (χ1v) is 5.36. The number of aromatic hydroxyl groups is 1. The number of nitrogens with zero attached hydrogens (tertiary/aromatic N) is 3. The van der Waals surface area contributed by atoms with E-state index in [0.717, 1.165) is 5.56 Å². The lowest BCUT2D eigenvalue weighted by molar-refractivity contribution is 0.475. The Balaban J connectivity index is 2.00. The molecule has 88 valence electrons. The van der Waals surface area contributed by atoms with E-state index in [4.69, 9.17) is 4.42 Å². The zero-order valence-electron chi connectivity index (χ0n) is 9.32. The Bertz CT molecular complexity index is 665. The molecule has 0 spiro atoms. The summed E-state index contributed by atoms with van der Waals surface area (Å²) in [7, 11) is 0. The van der Waals surface area contributed by atoms with E-state index >= 15 is 0 Å². The van der Waals surface area contributed by atoms with E-state index in [2.05, 4.69) is 15.2 Å². The maximum atomic E-state index is 9.40. The highest BCUT2D eigenvalue weighted by Gasteiger charge is 2.10. The average Bonchev–Trinajstić information content (AvgIpc) is 2.89. The van der Waals surface area contributed by atoms with Gasteiger partial charge in [-0.15, -0.1) is 10.2 Å². The van der Waals surface area contributed by atoms with Crippen LogP contribution >= 0.6 is 0 Å². The molecule has 1 aromatic carbocycles. The summed E-state index contributed by atoms with van der Waals surface area (Å²) in [5.41, 5.74) is 1.44. The molecule has 0 saturated carbocycles. The zero-order valence-corrected chi connectivity index (χ0v) is 9.32. The molecule has 0 bridgehead atoms. The molecule has 0 unspecified atom stereocenters. The van der Waals surface area contributed by atoms with Crippen molar-refractivity contribution in [1.29, 1.82) is 0 Å². The van der Waals surface area contributed by atoms with Gasteiger partial charge in [0.15, 0.2) is 0 Å². The predicted octanol–water partition coefficient (Wildman–Crippen LogP) is 2.50. The van der Waals surface area contributed by atoms with Crippen molar-refractivity contribution in [3.8, 4) is 28.7 Å². The molecule has 0 fully saturated rings. The summed E-state index contributed by atoms with van der Waals surface area (Å²) in [5.74, 6) is 0.930. The molecule has 2 heterocycles. The zero-order chi connectivity index (χ0) is 12.4. The van der Waals surface area contributed by atoms with Gasteiger partial charge in [0.1, 0.15) is 5.75 Å². The topological polar surface area (TPSA) is 72.0 Å². The van der Waals surface area contributed by atoms with E-state index in [1.165, 1.54) is 0 Å². The first kappa shape index (κ1) is 10.5. The maximum Gasteiger partial charge on any atom is 0.249 e. The van der Waals surface area contributed by atoms with E-state index < -0.39 is 0 Å². The number of benzene rings is 1. The lowest BCUT2D eigenvalue weighted by Crippen LogP contribution is -1.78. The van der Waals surface area contributed by atoms with E-state index in [1.54, 1.807) is 42.7 Å². The Morgan fingerprint density at radius 2 is 1.72 bits per heavy atom. The quantitative estimate of drug-likeness (QED) is 0.743. The van der Waals surface area contributed by atoms with Crippen molar-refractivity contribution >= 4 is 0 Å². The molecule has 0 aliphatic carbocycles. The maximum absolute atomic E-state index is 9.40. The number of hydrogen-bond donors (Lipinski definition) is 1. The van der Waals surface area contributed by atoms with Crippen LogP contribution in [0.15, 0.2) is 53.2 Å². The van der Waals surface area contributed by atoms with Crippen LogP contribution in [0.1, 0.15) is 0 Å². The lowest BCUT2D eigenvalue weighted by atomic mass is 10.2. The minimum absolute atomic E-state index is 0.161. The Morgan fingerprint density at radius 1 is 0.944 bits per heavy atom. The molecule has 0 aliphatic rings. The molecule has 0 atom stereocenters. The highest BCUT2D eigenvalue weighted by atomic mass is 16.4. The second kappa shape index (κ2) is 4.29. The largest absolute Gasteiger partial charge is 0.508 e. The molecule has 5 heteroatoms. The Kier molecular flexibility index (Phi) is 2.49. The van der Waals surface area contributed by atoms with Crippen LogP contribution in [0, 0.1) is 0 Å². The summed E-state index contributed by atoms with van der Waals surface area (Å²) in [6, 6.07) is 10.3. The second-order valence-corrected chi connectivity index (χ2v) is 3.70. The van der Waals surface area contributed by atoms with Crippen LogP contribution in [0.4, 0.5) is 0 Å². The molecule has 0 amide bonds. The smallest absolute Gasteiger partial charge is 0.249 e. The highest BCUT2D eigenvalue weighted by molar-refractivity contribution is 5.58. The van der Waals surface area contributed by atoms with Crippen molar-refractivity contribution in [3.63, 3.8) is 0 Å². The third kappa shape index (κ3) is 1.93. The van der Waals surface area contributed by atoms with Crippen LogP contribution in [-0.2, 0) is 0 Å². The van der Waals surface area contributed by atoms with Gasteiger partial charge in [-0.3, -0.25) is 4.98 Å². The number of aromatic nitrogens is 3. The van der Waals surface area contributed by atoms with E-state index in [0.29, 0.717) is 17.3 Å². The minimum Gasteiger partial charge on any atom is -0.508 e. The monoisotopic (exact) mass is 239 g/mol. The molecule has 2 aromatic heterocycles. The van der Waals surface area contributed by atoms with Crippen molar-refractivity contribution < 1.29 is 9.52 Å². The molecule has 3 aromatic rings. The van der Waals surface area contributed by atoms with Crippen LogP contribution in [0.2, 0.25) is 0 Å². The Labute approximate surface area is 103 Å². The van der Waals surface area contributed by atoms with Gasteiger partial charge in [0.05, 0.1) is 5.56 Å². The third-order valence-corrected chi connectivity index (χ3v) is 2.43. The molecule has 0 saturated heterocycles. The van der Waals surface area contributed by atoms with Gasteiger partial charge in [0.25, 0.3) is 0 Å². The summed E-state index contributed by atoms with van der Waals surface area (Å²) in [6.07, 6.45) is 3.33. The van der Waals surface area contributed by atoms with Crippen LogP contribution in [-0.4, -0.2) is 20.3 Å². The van der Waals surface area contributed by atoms with Gasteiger partial charge >= 0.3 is 0 Å². The second-order valence-electron chi connectivity index (χ2n) is 3.70. The van der Waals surface area contributed by atoms with Crippen molar-refractivity contribution in [3.05, 3.63) is 48.8 Å². The molecular formula is C13H9N3O2. The van der Waals surface area contributed by atoms with Crippen LogP contribution in [0.5, 0.6) is 5.75 Å². The number of phenols is 1. The number of hydrogen-bond acceptors (Lipinski definition) is 5. The van der Waals surface area contributed by atoms with Gasteiger partial charge in [-0.25, -0.2) is 0 Å². The van der Waals surface area contributed by atoms with Gasteiger partial charge in [-0.2, -0.15) is 0 Å². The van der Waals surface area contributed by atoms with Gasteiger partial charge in [0.2, 0.25) is 11.8 Å². The normalized spacial score (nSPS) is 10.4. The standard InChI is InChI=1S/C13H9N3O2/c17-11-5-1-3-9(7-11)12-15-16-13(18-12)10-4-2-6-14-8-10/h1-8,17H. The van der Waals surface area contributed by atoms with E-state index in [1.807, 2.05) is 6.07 Å². The molecule has 18 heavy (non-hydrogen) atoms. The van der Waals surface area contributed by atoms with E-state index in [-0.39, 0.29) is 5.75 Å². The van der Waals surface area contributed by atoms with Gasteiger partial charge in [-0.1, -0.05) is 6.07 Å². The van der Waals surface area contributed by atoms with Crippen molar-refractivity contribution in [2.45, 2.75) is 0 Å². The number of phenolic OH excluding ortho intramolecular Hbond substituents is 1. The van der Waals surface area contributed by atoms with Crippen LogP contribution in [0.3, 0.4) is 0 Å². The van der Waals surface area contributed by atoms with Gasteiger partial charge in [0, 0.05) is 18.0 Å². The summed E-state index contributed by atoms with van der Waals surface area (Å²) in [6.45, 7) is 0. The third-order valence-electron chi connectivity index (χ3n) is 2.43. The molecule has 3 rings (SSSR count). The molecule has 0 aliphatic heterocycles. The fourth-order valence-corrected chi connectivity index (χ4v) is 1.58. The first-order valence-electron chi connectivity index (χ1n) is 5.36. The minimum atomic E-state index is 0.161. The summed E-state index contributed by atoms with van der Waals surface area (Å²) in [5, 5.41) is 17.3. The van der Waals surface area contributed by atoms with Gasteiger partial charge in [-0.05, 0) is 30.3 Å². The fourth-order valence-electron chi connectivity index (χ4n) is 1.58. The number of pyridine rings is 1. The summed E-state index contributed by atoms with van der Waals surface area (Å²) < 4.78 is 5.54. The van der Waals surface area contributed by atoms with Crippen molar-refractivity contribution in [2.75, 3.05) is 0 Å². The first-order chi connectivity index (χ1) is 8.83. The van der Waals surface area contributed by atoms with Crippen LogP contribution in [0.25, 0.3) is 22.9 Å². The van der Waals surface area contributed by atoms with E-state index in [9.17, 15) is 5.11 Å². The number of rotatable bonds is 2. The van der Waals surface area contributed by atoms with Gasteiger partial charge < -0.3 is 9.52 Å². The van der Waals surface area contributed by atoms with Crippen molar-refractivity contribution in [1.82, 2.24) is 15.2 Å². The highest BCUT2D eigenvalue weighted by Crippen LogP contribution is 2.25. The van der Waals surface area contributed by atoms with Crippen LogP contribution < -0.4 is 0 Å².